The molecule has 4 aromatic carbocycles. The molecule has 5 heteroatoms. The van der Waals surface area contributed by atoms with Gasteiger partial charge in [0.25, 0.3) is 0 Å². The van der Waals surface area contributed by atoms with E-state index in [0.717, 1.165) is 60.5 Å². The molecule has 3 aromatic heterocycles. The lowest BCUT2D eigenvalue weighted by Gasteiger charge is -2.28. The van der Waals surface area contributed by atoms with Crippen molar-refractivity contribution in [3.05, 3.63) is 116 Å². The van der Waals surface area contributed by atoms with Gasteiger partial charge in [-0.15, -0.1) is 0 Å². The first kappa shape index (κ1) is 21.3. The molecule has 0 saturated carbocycles. The Bertz CT molecular complexity index is 1880. The minimum absolute atomic E-state index is 0.681. The van der Waals surface area contributed by atoms with Crippen molar-refractivity contribution < 1.29 is 4.74 Å². The van der Waals surface area contributed by atoms with E-state index in [1.807, 2.05) is 30.5 Å². The highest BCUT2D eigenvalue weighted by molar-refractivity contribution is 6.16. The van der Waals surface area contributed by atoms with Gasteiger partial charge in [-0.2, -0.15) is 0 Å². The summed E-state index contributed by atoms with van der Waals surface area (Å²) in [7, 11) is 1.68. The van der Waals surface area contributed by atoms with E-state index in [2.05, 4.69) is 82.7 Å². The van der Waals surface area contributed by atoms with Crippen LogP contribution >= 0.6 is 0 Å². The molecule has 0 spiro atoms. The largest absolute Gasteiger partial charge is 0.492 e. The summed E-state index contributed by atoms with van der Waals surface area (Å²) in [6.07, 6.45) is 5.43. The van der Waals surface area contributed by atoms with Crippen LogP contribution in [0.3, 0.4) is 0 Å². The average Bonchev–Trinajstić information content (AvgIpc) is 2.96. The van der Waals surface area contributed by atoms with Crippen molar-refractivity contribution in [1.29, 1.82) is 0 Å². The minimum atomic E-state index is 0.681. The van der Waals surface area contributed by atoms with Crippen molar-refractivity contribution in [3.8, 4) is 5.75 Å². The number of aromatic nitrogens is 3. The molecule has 0 aliphatic carbocycles. The number of fused-ring (bicyclic) bond motifs is 4. The zero-order valence-electron chi connectivity index (χ0n) is 20.2. The van der Waals surface area contributed by atoms with Crippen LogP contribution in [-0.4, -0.2) is 22.1 Å². The molecule has 0 aliphatic rings. The van der Waals surface area contributed by atoms with Gasteiger partial charge in [0.15, 0.2) is 5.75 Å². The topological polar surface area (TPSA) is 51.1 Å². The fourth-order valence-electron chi connectivity index (χ4n) is 5.18. The third-order valence-electron chi connectivity index (χ3n) is 6.80. The summed E-state index contributed by atoms with van der Waals surface area (Å²) in [5, 5.41) is 5.40. The number of methoxy groups -OCH3 is 1. The fraction of sp³-hybridized carbons (Fsp3) is 0.0312. The highest BCUT2D eigenvalue weighted by atomic mass is 16.5. The number of hydrogen-bond donors (Lipinski definition) is 0. The first-order valence-corrected chi connectivity index (χ1v) is 12.1. The number of anilines is 3. The number of pyridine rings is 3. The van der Waals surface area contributed by atoms with Gasteiger partial charge in [0.1, 0.15) is 11.0 Å². The van der Waals surface area contributed by atoms with Crippen molar-refractivity contribution >= 4 is 60.5 Å². The number of rotatable bonds is 4. The van der Waals surface area contributed by atoms with Gasteiger partial charge in [0.2, 0.25) is 0 Å². The third kappa shape index (κ3) is 3.44. The molecule has 0 aliphatic heterocycles. The summed E-state index contributed by atoms with van der Waals surface area (Å²) in [6.45, 7) is 0. The molecule has 176 valence electrons. The first-order chi connectivity index (χ1) is 18.3. The summed E-state index contributed by atoms with van der Waals surface area (Å²) in [4.78, 5) is 16.3. The minimum Gasteiger partial charge on any atom is -0.492 e. The van der Waals surface area contributed by atoms with Crippen LogP contribution in [0.2, 0.25) is 0 Å². The summed E-state index contributed by atoms with van der Waals surface area (Å²) in [5.74, 6) is 0.681. The highest BCUT2D eigenvalue weighted by Crippen LogP contribution is 2.46. The van der Waals surface area contributed by atoms with Gasteiger partial charge in [-0.3, -0.25) is 15.0 Å². The fourth-order valence-corrected chi connectivity index (χ4v) is 5.18. The van der Waals surface area contributed by atoms with Gasteiger partial charge >= 0.3 is 0 Å². The number of hydrogen-bond acceptors (Lipinski definition) is 5. The molecule has 0 fully saturated rings. The lowest BCUT2D eigenvalue weighted by atomic mass is 10.0. The quantitative estimate of drug-likeness (QED) is 0.240. The van der Waals surface area contributed by atoms with Crippen LogP contribution < -0.4 is 9.64 Å². The molecule has 5 nitrogen and oxygen atoms in total. The molecule has 0 bridgehead atoms. The maximum Gasteiger partial charge on any atom is 0.171 e. The van der Waals surface area contributed by atoms with Crippen LogP contribution in [0.25, 0.3) is 43.5 Å². The molecule has 0 unspecified atom stereocenters. The van der Waals surface area contributed by atoms with E-state index in [9.17, 15) is 0 Å². The number of ether oxygens (including phenoxy) is 1. The Kier molecular flexibility index (Phi) is 4.93. The second-order valence-electron chi connectivity index (χ2n) is 8.93. The Labute approximate surface area is 213 Å². The summed E-state index contributed by atoms with van der Waals surface area (Å²) < 4.78 is 5.84. The van der Waals surface area contributed by atoms with E-state index in [4.69, 9.17) is 14.7 Å². The SMILES string of the molecule is COc1c2ncccc2c(N(c2ccccc2)c2ccc3cc4ncccc4cc3c2)c2cccnc12. The van der Waals surface area contributed by atoms with E-state index in [0.29, 0.717) is 5.75 Å². The smallest absolute Gasteiger partial charge is 0.171 e. The van der Waals surface area contributed by atoms with Crippen LogP contribution in [0.1, 0.15) is 0 Å². The van der Waals surface area contributed by atoms with Gasteiger partial charge in [-0.1, -0.05) is 30.3 Å². The van der Waals surface area contributed by atoms with Gasteiger partial charge in [-0.05, 0) is 77.5 Å². The highest BCUT2D eigenvalue weighted by Gasteiger charge is 2.23. The standard InChI is InChI=1S/C32H22N4O/c1-37-32-29-26(11-6-16-34-29)31(27-12-7-17-35-30(27)32)36(24-9-3-2-4-10-24)25-14-13-21-20-28-22(8-5-15-33-28)18-23(21)19-25/h2-20H,1H3. The van der Waals surface area contributed by atoms with Crippen molar-refractivity contribution in [2.45, 2.75) is 0 Å². The van der Waals surface area contributed by atoms with Crippen LogP contribution in [0.15, 0.2) is 116 Å². The van der Waals surface area contributed by atoms with E-state index >= 15 is 0 Å². The predicted molar refractivity (Wildman–Crippen MR) is 151 cm³/mol. The van der Waals surface area contributed by atoms with Crippen molar-refractivity contribution in [3.63, 3.8) is 0 Å². The number of nitrogens with zero attached hydrogens (tertiary/aromatic N) is 4. The first-order valence-electron chi connectivity index (χ1n) is 12.1. The zero-order chi connectivity index (χ0) is 24.8. The second kappa shape index (κ2) is 8.57. The molecule has 0 radical (unpaired) electrons. The van der Waals surface area contributed by atoms with Gasteiger partial charge in [0, 0.05) is 46.1 Å². The normalized spacial score (nSPS) is 11.4. The molecule has 0 atom stereocenters. The van der Waals surface area contributed by atoms with Crippen molar-refractivity contribution in [1.82, 2.24) is 15.0 Å². The summed E-state index contributed by atoms with van der Waals surface area (Å²) >= 11 is 0. The van der Waals surface area contributed by atoms with Crippen LogP contribution in [0.5, 0.6) is 5.75 Å². The molecular formula is C32H22N4O. The Morgan fingerprint density at radius 3 is 2.00 bits per heavy atom. The molecular weight excluding hydrogens is 456 g/mol. The third-order valence-corrected chi connectivity index (χ3v) is 6.80. The van der Waals surface area contributed by atoms with Crippen LogP contribution in [-0.2, 0) is 0 Å². The Hall–Kier alpha value is -5.03. The predicted octanol–water partition coefficient (Wildman–Crippen LogP) is 7.96. The Balaban J connectivity index is 1.58. The van der Waals surface area contributed by atoms with E-state index in [-0.39, 0.29) is 0 Å². The molecule has 7 aromatic rings. The monoisotopic (exact) mass is 478 g/mol. The molecule has 0 saturated heterocycles. The summed E-state index contributed by atoms with van der Waals surface area (Å²) in [6, 6.07) is 33.6. The average molecular weight is 479 g/mol. The Morgan fingerprint density at radius 2 is 1.27 bits per heavy atom. The van der Waals surface area contributed by atoms with Gasteiger partial charge < -0.3 is 9.64 Å². The van der Waals surface area contributed by atoms with Gasteiger partial charge in [0.05, 0.1) is 18.3 Å². The Morgan fingerprint density at radius 1 is 0.568 bits per heavy atom. The molecule has 0 amide bonds. The molecule has 7 rings (SSSR count). The summed E-state index contributed by atoms with van der Waals surface area (Å²) in [5.41, 5.74) is 5.66. The zero-order valence-corrected chi connectivity index (χ0v) is 20.2. The van der Waals surface area contributed by atoms with Crippen LogP contribution in [0, 0.1) is 0 Å². The maximum absolute atomic E-state index is 5.84. The second-order valence-corrected chi connectivity index (χ2v) is 8.93. The lowest BCUT2D eigenvalue weighted by Crippen LogP contribution is -2.12. The molecule has 37 heavy (non-hydrogen) atoms. The van der Waals surface area contributed by atoms with Crippen molar-refractivity contribution in [2.75, 3.05) is 12.0 Å². The van der Waals surface area contributed by atoms with E-state index < -0.39 is 0 Å². The number of benzene rings is 4. The lowest BCUT2D eigenvalue weighted by molar-refractivity contribution is 0.423. The molecule has 0 N–H and O–H groups in total. The molecule has 3 heterocycles. The van der Waals surface area contributed by atoms with E-state index in [1.54, 1.807) is 19.5 Å². The maximum atomic E-state index is 5.84. The van der Waals surface area contributed by atoms with Crippen molar-refractivity contribution in [2.24, 2.45) is 0 Å². The van der Waals surface area contributed by atoms with E-state index in [1.165, 1.54) is 0 Å². The van der Waals surface area contributed by atoms with Crippen LogP contribution in [0.4, 0.5) is 17.1 Å². The van der Waals surface area contributed by atoms with Gasteiger partial charge in [-0.25, -0.2) is 0 Å². The number of para-hydroxylation sites is 1.